The number of halogens is 2. The first kappa shape index (κ1) is 21.9. The summed E-state index contributed by atoms with van der Waals surface area (Å²) in [5.74, 6) is 0.780. The number of rotatable bonds is 6. The third-order valence-electron chi connectivity index (χ3n) is 4.66. The molecule has 0 spiro atoms. The highest BCUT2D eigenvalue weighted by molar-refractivity contribution is 14.0. The minimum absolute atomic E-state index is 0. The molecule has 2 N–H and O–H groups in total. The van der Waals surface area contributed by atoms with Gasteiger partial charge in [-0.25, -0.2) is 0 Å². The van der Waals surface area contributed by atoms with E-state index in [2.05, 4.69) is 37.6 Å². The normalized spacial score (nSPS) is 15.9. The van der Waals surface area contributed by atoms with Gasteiger partial charge in [-0.3, -0.25) is 14.9 Å². The maximum atomic E-state index is 6.22. The van der Waals surface area contributed by atoms with E-state index in [-0.39, 0.29) is 30.0 Å². The van der Waals surface area contributed by atoms with Crippen molar-refractivity contribution in [1.82, 2.24) is 20.5 Å². The van der Waals surface area contributed by atoms with Gasteiger partial charge in [-0.05, 0) is 55.8 Å². The van der Waals surface area contributed by atoms with Crippen LogP contribution in [0.2, 0.25) is 5.02 Å². The lowest BCUT2D eigenvalue weighted by molar-refractivity contribution is 0.245. The van der Waals surface area contributed by atoms with Crippen LogP contribution in [0.5, 0.6) is 0 Å². The largest absolute Gasteiger partial charge is 0.354 e. The fraction of sp³-hybridized carbons (Fsp3) is 0.400. The van der Waals surface area contributed by atoms with Gasteiger partial charge in [0.1, 0.15) is 0 Å². The van der Waals surface area contributed by atoms with Crippen LogP contribution in [0.4, 0.5) is 0 Å². The minimum atomic E-state index is 0. The van der Waals surface area contributed by atoms with Crippen LogP contribution in [0.25, 0.3) is 0 Å². The predicted octanol–water partition coefficient (Wildman–Crippen LogP) is 3.86. The number of aromatic nitrogens is 1. The van der Waals surface area contributed by atoms with Crippen LogP contribution < -0.4 is 10.6 Å². The maximum Gasteiger partial charge on any atom is 0.191 e. The van der Waals surface area contributed by atoms with Crippen molar-refractivity contribution in [1.29, 1.82) is 0 Å². The number of nitrogens with zero attached hydrogens (tertiary/aromatic N) is 3. The van der Waals surface area contributed by atoms with Gasteiger partial charge < -0.3 is 10.6 Å². The van der Waals surface area contributed by atoms with E-state index in [1.54, 1.807) is 13.2 Å². The van der Waals surface area contributed by atoms with Gasteiger partial charge in [0.15, 0.2) is 5.96 Å². The maximum absolute atomic E-state index is 6.22. The number of hydrogen-bond donors (Lipinski definition) is 2. The van der Waals surface area contributed by atoms with E-state index in [0.717, 1.165) is 36.3 Å². The molecule has 0 amide bonds. The minimum Gasteiger partial charge on any atom is -0.354 e. The van der Waals surface area contributed by atoms with E-state index in [9.17, 15) is 0 Å². The second kappa shape index (κ2) is 11.5. The van der Waals surface area contributed by atoms with Gasteiger partial charge in [-0.2, -0.15) is 0 Å². The smallest absolute Gasteiger partial charge is 0.191 e. The Bertz CT molecular complexity index is 719. The van der Waals surface area contributed by atoms with E-state index >= 15 is 0 Å². The Labute approximate surface area is 183 Å². The number of hydrogen-bond acceptors (Lipinski definition) is 3. The van der Waals surface area contributed by atoms with Crippen LogP contribution in [-0.2, 0) is 6.54 Å². The summed E-state index contributed by atoms with van der Waals surface area (Å²) in [6.45, 7) is 3.67. The molecule has 1 aromatic heterocycles. The second-order valence-corrected chi connectivity index (χ2v) is 6.88. The highest BCUT2D eigenvalue weighted by Crippen LogP contribution is 2.26. The standard InChI is InChI=1S/C20H26ClN5.HI/c1-22-20(24-14-18-9-2-3-10-23-18)25-15-19(26-11-4-5-12-26)16-7-6-8-17(21)13-16;/h2-3,6-10,13,19H,4-5,11-12,14-15H2,1H3,(H2,22,24,25);1H. The van der Waals surface area contributed by atoms with E-state index in [1.165, 1.54) is 18.4 Å². The van der Waals surface area contributed by atoms with E-state index in [4.69, 9.17) is 11.6 Å². The Morgan fingerprint density at radius 2 is 2.00 bits per heavy atom. The third kappa shape index (κ3) is 6.62. The molecule has 2 heterocycles. The molecule has 1 fully saturated rings. The van der Waals surface area contributed by atoms with E-state index in [0.29, 0.717) is 6.54 Å². The Morgan fingerprint density at radius 1 is 1.19 bits per heavy atom. The highest BCUT2D eigenvalue weighted by Gasteiger charge is 2.23. The van der Waals surface area contributed by atoms with Gasteiger partial charge in [0.05, 0.1) is 18.3 Å². The van der Waals surface area contributed by atoms with Gasteiger partial charge in [0, 0.05) is 24.8 Å². The molecular formula is C20H27ClIN5. The molecular weight excluding hydrogens is 473 g/mol. The van der Waals surface area contributed by atoms with Gasteiger partial charge in [-0.15, -0.1) is 24.0 Å². The first-order valence-corrected chi connectivity index (χ1v) is 9.48. The fourth-order valence-corrected chi connectivity index (χ4v) is 3.51. The lowest BCUT2D eigenvalue weighted by atomic mass is 10.1. The van der Waals surface area contributed by atoms with Gasteiger partial charge in [-0.1, -0.05) is 29.8 Å². The van der Waals surface area contributed by atoms with Crippen molar-refractivity contribution in [2.24, 2.45) is 4.99 Å². The number of guanidine groups is 1. The molecule has 146 valence electrons. The lowest BCUT2D eigenvalue weighted by Crippen LogP contribution is -2.42. The number of benzene rings is 1. The quantitative estimate of drug-likeness (QED) is 0.360. The number of nitrogens with one attached hydrogen (secondary N) is 2. The Morgan fingerprint density at radius 3 is 2.67 bits per heavy atom. The summed E-state index contributed by atoms with van der Waals surface area (Å²) in [4.78, 5) is 11.2. The van der Waals surface area contributed by atoms with Crippen LogP contribution >= 0.6 is 35.6 Å². The first-order valence-electron chi connectivity index (χ1n) is 9.10. The zero-order valence-corrected chi connectivity index (χ0v) is 18.7. The molecule has 2 aromatic rings. The van der Waals surface area contributed by atoms with Crippen molar-refractivity contribution in [3.05, 3.63) is 64.9 Å². The lowest BCUT2D eigenvalue weighted by Gasteiger charge is -2.29. The fourth-order valence-electron chi connectivity index (χ4n) is 3.32. The number of aliphatic imine (C=N–C) groups is 1. The molecule has 0 bridgehead atoms. The summed E-state index contributed by atoms with van der Waals surface area (Å²) in [6, 6.07) is 14.4. The summed E-state index contributed by atoms with van der Waals surface area (Å²) in [6.07, 6.45) is 4.31. The summed E-state index contributed by atoms with van der Waals surface area (Å²) < 4.78 is 0. The van der Waals surface area contributed by atoms with Crippen LogP contribution in [0.3, 0.4) is 0 Å². The molecule has 1 aliphatic heterocycles. The van der Waals surface area contributed by atoms with Crippen molar-refractivity contribution in [2.45, 2.75) is 25.4 Å². The van der Waals surface area contributed by atoms with Crippen molar-refractivity contribution >= 4 is 41.5 Å². The third-order valence-corrected chi connectivity index (χ3v) is 4.90. The van der Waals surface area contributed by atoms with Crippen molar-refractivity contribution in [3.8, 4) is 0 Å². The Kier molecular flexibility index (Phi) is 9.30. The molecule has 0 aliphatic carbocycles. The van der Waals surface area contributed by atoms with Crippen LogP contribution in [0.15, 0.2) is 53.7 Å². The average molecular weight is 500 g/mol. The molecule has 27 heavy (non-hydrogen) atoms. The molecule has 1 unspecified atom stereocenters. The average Bonchev–Trinajstić information content (AvgIpc) is 3.20. The van der Waals surface area contributed by atoms with Crippen LogP contribution in [-0.4, -0.2) is 42.5 Å². The van der Waals surface area contributed by atoms with Crippen molar-refractivity contribution < 1.29 is 0 Å². The summed E-state index contributed by atoms with van der Waals surface area (Å²) >= 11 is 6.22. The number of likely N-dealkylation sites (tertiary alicyclic amines) is 1. The van der Waals surface area contributed by atoms with E-state index < -0.39 is 0 Å². The van der Waals surface area contributed by atoms with Crippen molar-refractivity contribution in [3.63, 3.8) is 0 Å². The molecule has 0 saturated carbocycles. The summed E-state index contributed by atoms with van der Waals surface area (Å²) in [7, 11) is 1.79. The highest BCUT2D eigenvalue weighted by atomic mass is 127. The Balaban J connectivity index is 0.00000261. The zero-order chi connectivity index (χ0) is 18.2. The van der Waals surface area contributed by atoms with Gasteiger partial charge in [0.25, 0.3) is 0 Å². The number of pyridine rings is 1. The molecule has 1 saturated heterocycles. The first-order chi connectivity index (χ1) is 12.8. The molecule has 1 aromatic carbocycles. The monoisotopic (exact) mass is 499 g/mol. The van der Waals surface area contributed by atoms with Crippen LogP contribution in [0.1, 0.15) is 30.1 Å². The SMILES string of the molecule is CN=C(NCc1ccccn1)NCC(c1cccc(Cl)c1)N1CCCC1.I. The molecule has 1 atom stereocenters. The van der Waals surface area contributed by atoms with Gasteiger partial charge >= 0.3 is 0 Å². The predicted molar refractivity (Wildman–Crippen MR) is 123 cm³/mol. The zero-order valence-electron chi connectivity index (χ0n) is 15.6. The molecule has 1 aliphatic rings. The van der Waals surface area contributed by atoms with Crippen molar-refractivity contribution in [2.75, 3.05) is 26.7 Å². The van der Waals surface area contributed by atoms with Gasteiger partial charge in [0.2, 0.25) is 0 Å². The molecule has 5 nitrogen and oxygen atoms in total. The topological polar surface area (TPSA) is 52.6 Å². The molecule has 0 radical (unpaired) electrons. The molecule has 7 heteroatoms. The Hall–Kier alpha value is -1.38. The summed E-state index contributed by atoms with van der Waals surface area (Å²) in [5.41, 5.74) is 2.23. The van der Waals surface area contributed by atoms with E-state index in [1.807, 2.05) is 30.3 Å². The second-order valence-electron chi connectivity index (χ2n) is 6.44. The van der Waals surface area contributed by atoms with Crippen LogP contribution in [0, 0.1) is 0 Å². The molecule has 3 rings (SSSR count). The summed E-state index contributed by atoms with van der Waals surface area (Å²) in [5, 5.41) is 7.57.